The van der Waals surface area contributed by atoms with Gasteiger partial charge in [-0.05, 0) is 24.7 Å². The largest absolute Gasteiger partial charge is 0.401 e. The Morgan fingerprint density at radius 1 is 1.38 bits per heavy atom. The lowest BCUT2D eigenvalue weighted by atomic mass is 10.0. The molecule has 0 saturated heterocycles. The summed E-state index contributed by atoms with van der Waals surface area (Å²) >= 11 is 0. The van der Waals surface area contributed by atoms with Gasteiger partial charge in [0.2, 0.25) is 5.91 Å². The third kappa shape index (κ3) is 4.83. The molecule has 1 amide bonds. The highest BCUT2D eigenvalue weighted by molar-refractivity contribution is 5.78. The number of hydrogen-bond donors (Lipinski definition) is 2. The molecule has 0 unspecified atom stereocenters. The Kier molecular flexibility index (Phi) is 4.18. The van der Waals surface area contributed by atoms with Gasteiger partial charge in [-0.1, -0.05) is 6.92 Å². The first-order valence-electron chi connectivity index (χ1n) is 5.41. The Bertz CT molecular complexity index is 249. The Morgan fingerprint density at radius 3 is 2.44 bits per heavy atom. The third-order valence-corrected chi connectivity index (χ3v) is 2.98. The van der Waals surface area contributed by atoms with Crippen molar-refractivity contribution >= 4 is 5.91 Å². The summed E-state index contributed by atoms with van der Waals surface area (Å²) in [5.41, 5.74) is 0.222. The topological polar surface area (TPSA) is 41.1 Å². The number of hydrogen-bond acceptors (Lipinski definition) is 2. The molecule has 0 radical (unpaired) electrons. The van der Waals surface area contributed by atoms with Crippen LogP contribution in [-0.4, -0.2) is 31.7 Å². The molecule has 1 aliphatic rings. The van der Waals surface area contributed by atoms with Crippen LogP contribution >= 0.6 is 0 Å². The Labute approximate surface area is 92.8 Å². The lowest BCUT2D eigenvalue weighted by molar-refractivity contribution is -0.128. The molecule has 0 aliphatic heterocycles. The highest BCUT2D eigenvalue weighted by Gasteiger charge is 2.40. The van der Waals surface area contributed by atoms with Gasteiger partial charge in [0.15, 0.2) is 0 Å². The standard InChI is InChI=1S/C10H17F3N2O/c1-2-9(3-4-9)6-15-8(16)5-14-7-10(11,12)13/h14H,2-7H2,1H3,(H,15,16). The normalized spacial score (nSPS) is 18.2. The van der Waals surface area contributed by atoms with Crippen molar-refractivity contribution in [3.8, 4) is 0 Å². The minimum absolute atomic E-state index is 0.222. The van der Waals surface area contributed by atoms with E-state index in [2.05, 4.69) is 17.6 Å². The monoisotopic (exact) mass is 238 g/mol. The molecule has 0 atom stereocenters. The number of carbonyl (C=O) groups excluding carboxylic acids is 1. The van der Waals surface area contributed by atoms with Gasteiger partial charge in [0.25, 0.3) is 0 Å². The third-order valence-electron chi connectivity index (χ3n) is 2.98. The fourth-order valence-electron chi connectivity index (χ4n) is 1.50. The fraction of sp³-hybridized carbons (Fsp3) is 0.900. The average molecular weight is 238 g/mol. The Balaban J connectivity index is 2.08. The molecule has 0 heterocycles. The zero-order valence-corrected chi connectivity index (χ0v) is 9.28. The van der Waals surface area contributed by atoms with Gasteiger partial charge in [0.1, 0.15) is 0 Å². The van der Waals surface area contributed by atoms with Crippen molar-refractivity contribution in [2.75, 3.05) is 19.6 Å². The van der Waals surface area contributed by atoms with Crippen LogP contribution in [-0.2, 0) is 4.79 Å². The first kappa shape index (κ1) is 13.3. The van der Waals surface area contributed by atoms with E-state index in [1.807, 2.05) is 0 Å². The van der Waals surface area contributed by atoms with Crippen LogP contribution in [0, 0.1) is 5.41 Å². The van der Waals surface area contributed by atoms with Crippen molar-refractivity contribution in [2.45, 2.75) is 32.4 Å². The number of halogens is 3. The zero-order valence-electron chi connectivity index (χ0n) is 9.28. The van der Waals surface area contributed by atoms with Gasteiger partial charge in [0, 0.05) is 6.54 Å². The summed E-state index contributed by atoms with van der Waals surface area (Å²) < 4.78 is 35.3. The number of carbonyl (C=O) groups is 1. The molecule has 16 heavy (non-hydrogen) atoms. The molecule has 2 N–H and O–H groups in total. The second-order valence-electron chi connectivity index (χ2n) is 4.35. The van der Waals surface area contributed by atoms with Gasteiger partial charge < -0.3 is 10.6 Å². The van der Waals surface area contributed by atoms with Gasteiger partial charge in [-0.15, -0.1) is 0 Å². The molecule has 0 spiro atoms. The molecule has 1 rings (SSSR count). The van der Waals surface area contributed by atoms with E-state index < -0.39 is 12.7 Å². The SMILES string of the molecule is CCC1(CNC(=O)CNCC(F)(F)F)CC1. The molecule has 0 aromatic rings. The maximum absolute atomic E-state index is 11.8. The zero-order chi connectivity index (χ0) is 12.2. The van der Waals surface area contributed by atoms with Gasteiger partial charge in [-0.2, -0.15) is 13.2 Å². The first-order valence-corrected chi connectivity index (χ1v) is 5.41. The second kappa shape index (κ2) is 5.03. The van der Waals surface area contributed by atoms with Crippen molar-refractivity contribution in [1.82, 2.24) is 10.6 Å². The molecule has 3 nitrogen and oxygen atoms in total. The van der Waals surface area contributed by atoms with Crippen LogP contribution < -0.4 is 10.6 Å². The Morgan fingerprint density at radius 2 is 2.00 bits per heavy atom. The Hall–Kier alpha value is -0.780. The first-order chi connectivity index (χ1) is 7.37. The highest BCUT2D eigenvalue weighted by Crippen LogP contribution is 2.47. The van der Waals surface area contributed by atoms with Crippen molar-refractivity contribution in [1.29, 1.82) is 0 Å². The van der Waals surface area contributed by atoms with E-state index in [0.717, 1.165) is 19.3 Å². The van der Waals surface area contributed by atoms with Crippen LogP contribution in [0.15, 0.2) is 0 Å². The summed E-state index contributed by atoms with van der Waals surface area (Å²) in [6.45, 7) is 1.23. The number of rotatable bonds is 6. The summed E-state index contributed by atoms with van der Waals surface area (Å²) in [5, 5.41) is 4.72. The van der Waals surface area contributed by atoms with E-state index in [1.165, 1.54) is 0 Å². The minimum Gasteiger partial charge on any atom is -0.354 e. The molecule has 1 aliphatic carbocycles. The van der Waals surface area contributed by atoms with E-state index in [9.17, 15) is 18.0 Å². The van der Waals surface area contributed by atoms with E-state index in [1.54, 1.807) is 0 Å². The van der Waals surface area contributed by atoms with Crippen LogP contribution in [0.3, 0.4) is 0 Å². The van der Waals surface area contributed by atoms with Gasteiger partial charge in [-0.25, -0.2) is 0 Å². The number of amides is 1. The van der Waals surface area contributed by atoms with Crippen LogP contribution in [0.25, 0.3) is 0 Å². The molecule has 1 saturated carbocycles. The van der Waals surface area contributed by atoms with Crippen molar-refractivity contribution in [2.24, 2.45) is 5.41 Å². The predicted molar refractivity (Wildman–Crippen MR) is 53.9 cm³/mol. The molecule has 6 heteroatoms. The van der Waals surface area contributed by atoms with Crippen molar-refractivity contribution in [3.63, 3.8) is 0 Å². The fourth-order valence-corrected chi connectivity index (χ4v) is 1.50. The summed E-state index contributed by atoms with van der Waals surface area (Å²) in [7, 11) is 0. The summed E-state index contributed by atoms with van der Waals surface area (Å²) in [4.78, 5) is 11.2. The van der Waals surface area contributed by atoms with E-state index >= 15 is 0 Å². The summed E-state index contributed by atoms with van der Waals surface area (Å²) in [6.07, 6.45) is -1.07. The van der Waals surface area contributed by atoms with Crippen LogP contribution in [0.4, 0.5) is 13.2 Å². The smallest absolute Gasteiger partial charge is 0.354 e. The van der Waals surface area contributed by atoms with Crippen LogP contribution in [0.2, 0.25) is 0 Å². The number of nitrogens with one attached hydrogen (secondary N) is 2. The molecule has 1 fully saturated rings. The summed E-state index contributed by atoms with van der Waals surface area (Å²) in [6, 6.07) is 0. The van der Waals surface area contributed by atoms with Gasteiger partial charge in [0.05, 0.1) is 13.1 Å². The van der Waals surface area contributed by atoms with E-state index in [-0.39, 0.29) is 17.9 Å². The van der Waals surface area contributed by atoms with E-state index in [0.29, 0.717) is 6.54 Å². The molecular weight excluding hydrogens is 221 g/mol. The molecule has 0 bridgehead atoms. The van der Waals surface area contributed by atoms with Crippen LogP contribution in [0.1, 0.15) is 26.2 Å². The lowest BCUT2D eigenvalue weighted by Crippen LogP contribution is -2.40. The maximum Gasteiger partial charge on any atom is 0.401 e. The number of alkyl halides is 3. The molecule has 0 aromatic heterocycles. The van der Waals surface area contributed by atoms with E-state index in [4.69, 9.17) is 0 Å². The lowest BCUT2D eigenvalue weighted by Gasteiger charge is -2.14. The van der Waals surface area contributed by atoms with Crippen molar-refractivity contribution < 1.29 is 18.0 Å². The predicted octanol–water partition coefficient (Wildman–Crippen LogP) is 1.44. The molecule has 0 aromatic carbocycles. The molecule has 94 valence electrons. The molecular formula is C10H17F3N2O. The van der Waals surface area contributed by atoms with Crippen LogP contribution in [0.5, 0.6) is 0 Å². The van der Waals surface area contributed by atoms with Gasteiger partial charge in [-0.3, -0.25) is 4.79 Å². The van der Waals surface area contributed by atoms with Crippen molar-refractivity contribution in [3.05, 3.63) is 0 Å². The minimum atomic E-state index is -4.26. The quantitative estimate of drug-likeness (QED) is 0.735. The highest BCUT2D eigenvalue weighted by atomic mass is 19.4. The maximum atomic E-state index is 11.8. The van der Waals surface area contributed by atoms with Gasteiger partial charge >= 0.3 is 6.18 Å². The summed E-state index contributed by atoms with van der Waals surface area (Å²) in [5.74, 6) is -0.371. The second-order valence-corrected chi connectivity index (χ2v) is 4.35. The average Bonchev–Trinajstić information content (AvgIpc) is 2.93.